The lowest BCUT2D eigenvalue weighted by atomic mass is 10.1. The molecule has 0 saturated heterocycles. The van der Waals surface area contributed by atoms with Crippen molar-refractivity contribution in [2.75, 3.05) is 25.1 Å². The third-order valence-corrected chi connectivity index (χ3v) is 3.78. The van der Waals surface area contributed by atoms with Crippen LogP contribution in [0.5, 0.6) is 17.2 Å². The minimum atomic E-state index is -0.298. The van der Waals surface area contributed by atoms with E-state index >= 15 is 0 Å². The first kappa shape index (κ1) is 15.4. The van der Waals surface area contributed by atoms with Crippen molar-refractivity contribution in [2.24, 2.45) is 0 Å². The maximum atomic E-state index is 13.1. The molecule has 4 rings (SSSR count). The van der Waals surface area contributed by atoms with E-state index in [1.807, 2.05) is 13.0 Å². The summed E-state index contributed by atoms with van der Waals surface area (Å²) in [5.74, 6) is 1.96. The van der Waals surface area contributed by atoms with Gasteiger partial charge in [0.2, 0.25) is 5.75 Å². The molecule has 0 aliphatic carbocycles. The highest BCUT2D eigenvalue weighted by Crippen LogP contribution is 2.46. The van der Waals surface area contributed by atoms with Gasteiger partial charge >= 0.3 is 0 Å². The van der Waals surface area contributed by atoms with Gasteiger partial charge in [-0.1, -0.05) is 0 Å². The minimum Gasteiger partial charge on any atom is -0.490 e. The van der Waals surface area contributed by atoms with Crippen LogP contribution in [0.3, 0.4) is 0 Å². The van der Waals surface area contributed by atoms with Gasteiger partial charge < -0.3 is 19.5 Å². The first-order valence-corrected chi connectivity index (χ1v) is 7.99. The zero-order chi connectivity index (χ0) is 17.2. The van der Waals surface area contributed by atoms with Crippen LogP contribution >= 0.6 is 0 Å². The van der Waals surface area contributed by atoms with E-state index in [1.165, 1.54) is 18.5 Å². The average molecular weight is 341 g/mol. The molecule has 0 amide bonds. The number of ether oxygens (including phenoxy) is 3. The Morgan fingerprint density at radius 2 is 1.88 bits per heavy atom. The van der Waals surface area contributed by atoms with Crippen molar-refractivity contribution in [1.29, 1.82) is 0 Å². The Morgan fingerprint density at radius 1 is 1.12 bits per heavy atom. The highest BCUT2D eigenvalue weighted by Gasteiger charge is 2.24. The van der Waals surface area contributed by atoms with Crippen LogP contribution in [-0.2, 0) is 0 Å². The van der Waals surface area contributed by atoms with Gasteiger partial charge in [0, 0.05) is 11.8 Å². The molecular weight excluding hydrogens is 325 g/mol. The van der Waals surface area contributed by atoms with E-state index in [4.69, 9.17) is 14.2 Å². The number of rotatable bonds is 4. The topological polar surface area (TPSA) is 65.5 Å². The number of fused-ring (bicyclic) bond motifs is 3. The number of benzene rings is 2. The van der Waals surface area contributed by atoms with Crippen LogP contribution in [0.15, 0.2) is 36.7 Å². The molecule has 0 unspecified atom stereocenters. The van der Waals surface area contributed by atoms with E-state index < -0.39 is 0 Å². The Morgan fingerprint density at radius 3 is 2.64 bits per heavy atom. The molecule has 0 atom stereocenters. The van der Waals surface area contributed by atoms with Gasteiger partial charge in [0.05, 0.1) is 17.5 Å². The molecule has 1 aliphatic heterocycles. The molecule has 0 fully saturated rings. The normalized spacial score (nSPS) is 12.9. The summed E-state index contributed by atoms with van der Waals surface area (Å²) in [6, 6.07) is 7.86. The third-order valence-electron chi connectivity index (χ3n) is 3.78. The quantitative estimate of drug-likeness (QED) is 0.781. The second-order valence-electron chi connectivity index (χ2n) is 5.41. The smallest absolute Gasteiger partial charge is 0.204 e. The molecule has 0 spiro atoms. The van der Waals surface area contributed by atoms with Gasteiger partial charge in [0.15, 0.2) is 11.5 Å². The van der Waals surface area contributed by atoms with Gasteiger partial charge in [-0.25, -0.2) is 14.4 Å². The SMILES string of the molecule is CCOc1cc2ncnc(Nc3ccc(F)cc3)c2c2c1OCCO2. The monoisotopic (exact) mass is 341 g/mol. The minimum absolute atomic E-state index is 0.298. The first-order chi connectivity index (χ1) is 12.3. The average Bonchev–Trinajstić information content (AvgIpc) is 2.64. The van der Waals surface area contributed by atoms with E-state index in [1.54, 1.807) is 12.1 Å². The molecule has 2 heterocycles. The Hall–Kier alpha value is -3.09. The molecule has 3 aromatic rings. The van der Waals surface area contributed by atoms with Gasteiger partial charge in [0.1, 0.15) is 31.2 Å². The fourth-order valence-corrected chi connectivity index (χ4v) is 2.74. The van der Waals surface area contributed by atoms with Crippen LogP contribution in [0.4, 0.5) is 15.9 Å². The molecule has 1 aromatic heterocycles. The van der Waals surface area contributed by atoms with Gasteiger partial charge in [-0.3, -0.25) is 0 Å². The summed E-state index contributed by atoms with van der Waals surface area (Å²) in [5.41, 5.74) is 1.38. The molecule has 2 aromatic carbocycles. The summed E-state index contributed by atoms with van der Waals surface area (Å²) in [5, 5.41) is 3.88. The van der Waals surface area contributed by atoms with Crippen molar-refractivity contribution in [2.45, 2.75) is 6.92 Å². The summed E-state index contributed by atoms with van der Waals surface area (Å²) in [6.45, 7) is 3.30. The molecule has 0 bridgehead atoms. The van der Waals surface area contributed by atoms with E-state index in [0.717, 1.165) is 0 Å². The zero-order valence-electron chi connectivity index (χ0n) is 13.6. The number of anilines is 2. The predicted molar refractivity (Wildman–Crippen MR) is 91.4 cm³/mol. The summed E-state index contributed by atoms with van der Waals surface area (Å²) >= 11 is 0. The van der Waals surface area contributed by atoms with E-state index in [-0.39, 0.29) is 5.82 Å². The second kappa shape index (κ2) is 6.43. The first-order valence-electron chi connectivity index (χ1n) is 7.99. The van der Waals surface area contributed by atoms with Crippen LogP contribution < -0.4 is 19.5 Å². The van der Waals surface area contributed by atoms with Gasteiger partial charge in [-0.15, -0.1) is 0 Å². The van der Waals surface area contributed by atoms with E-state index in [0.29, 0.717) is 59.5 Å². The van der Waals surface area contributed by atoms with Crippen LogP contribution in [-0.4, -0.2) is 29.8 Å². The summed E-state index contributed by atoms with van der Waals surface area (Å²) in [4.78, 5) is 8.64. The summed E-state index contributed by atoms with van der Waals surface area (Å²) in [6.07, 6.45) is 1.46. The fraction of sp³-hybridized carbons (Fsp3) is 0.222. The maximum absolute atomic E-state index is 13.1. The Kier molecular flexibility index (Phi) is 3.97. The predicted octanol–water partition coefficient (Wildman–Crippen LogP) is 3.68. The molecule has 128 valence electrons. The molecule has 0 radical (unpaired) electrons. The van der Waals surface area contributed by atoms with E-state index in [9.17, 15) is 4.39 Å². The van der Waals surface area contributed by atoms with E-state index in [2.05, 4.69) is 15.3 Å². The number of hydrogen-bond donors (Lipinski definition) is 1. The molecule has 1 aliphatic rings. The zero-order valence-corrected chi connectivity index (χ0v) is 13.6. The molecule has 6 nitrogen and oxygen atoms in total. The van der Waals surface area contributed by atoms with Crippen LogP contribution in [0.25, 0.3) is 10.9 Å². The Bertz CT molecular complexity index is 916. The lowest BCUT2D eigenvalue weighted by Gasteiger charge is -2.23. The lowest BCUT2D eigenvalue weighted by molar-refractivity contribution is 0.165. The number of hydrogen-bond acceptors (Lipinski definition) is 6. The highest BCUT2D eigenvalue weighted by atomic mass is 19.1. The van der Waals surface area contributed by atoms with Gasteiger partial charge in [-0.05, 0) is 31.2 Å². The number of aromatic nitrogens is 2. The molecule has 7 heteroatoms. The van der Waals surface area contributed by atoms with Crippen molar-refractivity contribution < 1.29 is 18.6 Å². The fourth-order valence-electron chi connectivity index (χ4n) is 2.74. The number of nitrogens with one attached hydrogen (secondary N) is 1. The third kappa shape index (κ3) is 2.88. The van der Waals surface area contributed by atoms with Crippen LogP contribution in [0.1, 0.15) is 6.92 Å². The lowest BCUT2D eigenvalue weighted by Crippen LogP contribution is -2.17. The van der Waals surface area contributed by atoms with Gasteiger partial charge in [-0.2, -0.15) is 0 Å². The second-order valence-corrected chi connectivity index (χ2v) is 5.41. The van der Waals surface area contributed by atoms with Gasteiger partial charge in [0.25, 0.3) is 0 Å². The molecule has 0 saturated carbocycles. The summed E-state index contributed by atoms with van der Waals surface area (Å²) in [7, 11) is 0. The highest BCUT2D eigenvalue weighted by molar-refractivity contribution is 5.99. The molecule has 25 heavy (non-hydrogen) atoms. The molecule has 1 N–H and O–H groups in total. The Labute approximate surface area is 143 Å². The van der Waals surface area contributed by atoms with Crippen molar-refractivity contribution >= 4 is 22.4 Å². The maximum Gasteiger partial charge on any atom is 0.204 e. The van der Waals surface area contributed by atoms with Crippen molar-refractivity contribution in [3.05, 3.63) is 42.5 Å². The van der Waals surface area contributed by atoms with Crippen molar-refractivity contribution in [1.82, 2.24) is 9.97 Å². The number of nitrogens with zero attached hydrogens (tertiary/aromatic N) is 2. The summed E-state index contributed by atoms with van der Waals surface area (Å²) < 4.78 is 30.4. The van der Waals surface area contributed by atoms with Crippen LogP contribution in [0, 0.1) is 5.82 Å². The van der Waals surface area contributed by atoms with Crippen molar-refractivity contribution in [3.8, 4) is 17.2 Å². The standard InChI is InChI=1S/C18H16FN3O3/c1-2-23-14-9-13-15(17-16(14)24-7-8-25-17)18(21-10-20-13)22-12-5-3-11(19)4-6-12/h3-6,9-10H,2,7-8H2,1H3,(H,20,21,22). The van der Waals surface area contributed by atoms with Crippen molar-refractivity contribution in [3.63, 3.8) is 0 Å². The van der Waals surface area contributed by atoms with Crippen LogP contribution in [0.2, 0.25) is 0 Å². The Balaban J connectivity index is 1.86. The largest absolute Gasteiger partial charge is 0.490 e. The molecular formula is C18H16FN3O3. The number of halogens is 1.